The third-order valence-corrected chi connectivity index (χ3v) is 5.98. The van der Waals surface area contributed by atoms with Gasteiger partial charge in [0.25, 0.3) is 5.60 Å². The second-order valence-electron chi connectivity index (χ2n) is 8.43. The number of alkyl halides is 6. The molecule has 0 radical (unpaired) electrons. The van der Waals surface area contributed by atoms with Gasteiger partial charge in [-0.25, -0.2) is 4.39 Å². The summed E-state index contributed by atoms with van der Waals surface area (Å²) in [6.45, 7) is 2.12. The van der Waals surface area contributed by atoms with Gasteiger partial charge in [-0.1, -0.05) is 24.3 Å². The molecule has 3 aromatic carbocycles. The van der Waals surface area contributed by atoms with Crippen LogP contribution in [0.4, 0.5) is 36.4 Å². The second-order valence-corrected chi connectivity index (χ2v) is 8.43. The number of aliphatic hydroxyl groups is 1. The van der Waals surface area contributed by atoms with Crippen LogP contribution in [0.15, 0.2) is 66.7 Å². The van der Waals surface area contributed by atoms with Gasteiger partial charge in [-0.05, 0) is 66.9 Å². The van der Waals surface area contributed by atoms with Gasteiger partial charge in [0, 0.05) is 23.8 Å². The molecule has 0 amide bonds. The molecule has 0 fully saturated rings. The third-order valence-electron chi connectivity index (χ3n) is 5.98. The van der Waals surface area contributed by atoms with Crippen molar-refractivity contribution in [1.82, 2.24) is 0 Å². The van der Waals surface area contributed by atoms with Crippen LogP contribution in [0.5, 0.6) is 11.5 Å². The SMILES string of the molecule is CC1Cc2cc(C(O)(C(F)(F)F)C(F)(F)F)ccc2N1Cc1cccc(Oc2ccc(F)cc2)c1. The van der Waals surface area contributed by atoms with Crippen molar-refractivity contribution in [2.24, 2.45) is 0 Å². The van der Waals surface area contributed by atoms with E-state index in [4.69, 9.17) is 4.74 Å². The molecule has 10 heteroatoms. The van der Waals surface area contributed by atoms with Crippen LogP contribution in [0.1, 0.15) is 23.6 Å². The fraction of sp³-hybridized carbons (Fsp3) is 0.280. The number of hydrogen-bond acceptors (Lipinski definition) is 3. The second kappa shape index (κ2) is 8.75. The lowest BCUT2D eigenvalue weighted by molar-refractivity contribution is -0.376. The fourth-order valence-electron chi connectivity index (χ4n) is 4.19. The van der Waals surface area contributed by atoms with Crippen LogP contribution in [-0.2, 0) is 18.6 Å². The number of nitrogens with zero attached hydrogens (tertiary/aromatic N) is 1. The first kappa shape index (κ1) is 24.8. The summed E-state index contributed by atoms with van der Waals surface area (Å²) in [7, 11) is 0. The van der Waals surface area contributed by atoms with E-state index in [-0.39, 0.29) is 18.0 Å². The van der Waals surface area contributed by atoms with Crippen LogP contribution < -0.4 is 9.64 Å². The molecule has 1 heterocycles. The maximum absolute atomic E-state index is 13.3. The highest BCUT2D eigenvalue weighted by Gasteiger charge is 2.71. The van der Waals surface area contributed by atoms with Crippen LogP contribution in [0.2, 0.25) is 0 Å². The molecule has 186 valence electrons. The standard InChI is InChI=1S/C25H20F7NO2/c1-15-11-17-13-18(23(34,24(27,28)29)25(30,31)32)5-10-22(17)33(15)14-16-3-2-4-21(12-16)35-20-8-6-19(26)7-9-20/h2-10,12-13,15,34H,11,14H2,1H3. The fourth-order valence-corrected chi connectivity index (χ4v) is 4.19. The first-order valence-corrected chi connectivity index (χ1v) is 10.6. The number of anilines is 1. The van der Waals surface area contributed by atoms with Crippen molar-refractivity contribution < 1.29 is 40.6 Å². The highest BCUT2D eigenvalue weighted by molar-refractivity contribution is 5.61. The van der Waals surface area contributed by atoms with Gasteiger partial charge in [0.1, 0.15) is 17.3 Å². The summed E-state index contributed by atoms with van der Waals surface area (Å²) in [4.78, 5) is 1.86. The van der Waals surface area contributed by atoms with Crippen molar-refractivity contribution >= 4 is 5.69 Å². The lowest BCUT2D eigenvalue weighted by atomic mass is 9.90. The zero-order valence-corrected chi connectivity index (χ0v) is 18.3. The Kier molecular flexibility index (Phi) is 6.21. The topological polar surface area (TPSA) is 32.7 Å². The minimum Gasteiger partial charge on any atom is -0.457 e. The minimum atomic E-state index is -5.94. The van der Waals surface area contributed by atoms with E-state index in [1.165, 1.54) is 30.3 Å². The molecular weight excluding hydrogens is 479 g/mol. The number of halogens is 7. The Labute approximate surface area is 196 Å². The predicted molar refractivity (Wildman–Crippen MR) is 115 cm³/mol. The van der Waals surface area contributed by atoms with Crippen LogP contribution in [0.25, 0.3) is 0 Å². The average molecular weight is 499 g/mol. The van der Waals surface area contributed by atoms with E-state index < -0.39 is 29.3 Å². The Bertz CT molecular complexity index is 1190. The molecule has 35 heavy (non-hydrogen) atoms. The van der Waals surface area contributed by atoms with Crippen molar-refractivity contribution in [1.29, 1.82) is 0 Å². The zero-order valence-electron chi connectivity index (χ0n) is 18.3. The van der Waals surface area contributed by atoms with E-state index in [1.807, 2.05) is 11.0 Å². The van der Waals surface area contributed by atoms with Gasteiger partial charge in [-0.2, -0.15) is 26.3 Å². The van der Waals surface area contributed by atoms with Gasteiger partial charge < -0.3 is 14.7 Å². The molecule has 0 aliphatic carbocycles. The smallest absolute Gasteiger partial charge is 0.430 e. The lowest BCUT2D eigenvalue weighted by Crippen LogP contribution is -2.53. The number of benzene rings is 3. The normalized spacial score (nSPS) is 16.4. The quantitative estimate of drug-likeness (QED) is 0.389. The Morgan fingerprint density at radius 2 is 1.54 bits per heavy atom. The lowest BCUT2D eigenvalue weighted by Gasteiger charge is -2.33. The number of rotatable bonds is 5. The monoisotopic (exact) mass is 499 g/mol. The van der Waals surface area contributed by atoms with Gasteiger partial charge in [0.15, 0.2) is 0 Å². The molecule has 1 aliphatic heterocycles. The Hall–Kier alpha value is -3.27. The van der Waals surface area contributed by atoms with Crippen molar-refractivity contribution in [2.45, 2.75) is 43.9 Å². The Morgan fingerprint density at radius 1 is 0.886 bits per heavy atom. The summed E-state index contributed by atoms with van der Waals surface area (Å²) in [6.07, 6.45) is -11.7. The van der Waals surface area contributed by atoms with Gasteiger partial charge in [0.05, 0.1) is 0 Å². The Balaban J connectivity index is 1.59. The molecule has 0 saturated heterocycles. The van der Waals surface area contributed by atoms with Crippen LogP contribution >= 0.6 is 0 Å². The number of ether oxygens (including phenoxy) is 1. The largest absolute Gasteiger partial charge is 0.457 e. The molecule has 1 atom stereocenters. The molecule has 0 bridgehead atoms. The van der Waals surface area contributed by atoms with Crippen molar-refractivity contribution in [2.75, 3.05) is 4.90 Å². The molecule has 3 nitrogen and oxygen atoms in total. The summed E-state index contributed by atoms with van der Waals surface area (Å²) in [5, 5.41) is 9.72. The molecule has 1 aliphatic rings. The van der Waals surface area contributed by atoms with E-state index in [1.54, 1.807) is 25.1 Å². The average Bonchev–Trinajstić information content (AvgIpc) is 3.07. The molecule has 4 rings (SSSR count). The first-order valence-electron chi connectivity index (χ1n) is 10.6. The minimum absolute atomic E-state index is 0.209. The highest BCUT2D eigenvalue weighted by atomic mass is 19.4. The maximum atomic E-state index is 13.3. The molecular formula is C25H20F7NO2. The molecule has 1 N–H and O–H groups in total. The van der Waals surface area contributed by atoms with Gasteiger partial charge in [-0.3, -0.25) is 0 Å². The first-order chi connectivity index (χ1) is 16.3. The zero-order chi connectivity index (χ0) is 25.6. The van der Waals surface area contributed by atoms with Gasteiger partial charge in [-0.15, -0.1) is 0 Å². The van der Waals surface area contributed by atoms with Crippen LogP contribution in [0.3, 0.4) is 0 Å². The summed E-state index contributed by atoms with van der Waals surface area (Å²) < 4.78 is 98.5. The van der Waals surface area contributed by atoms with Crippen molar-refractivity contribution in [3.05, 3.63) is 89.2 Å². The summed E-state index contributed by atoms with van der Waals surface area (Å²) in [5.74, 6) is 0.509. The van der Waals surface area contributed by atoms with Crippen molar-refractivity contribution in [3.8, 4) is 11.5 Å². The van der Waals surface area contributed by atoms with E-state index in [0.717, 1.165) is 11.6 Å². The Morgan fingerprint density at radius 3 is 2.17 bits per heavy atom. The van der Waals surface area contributed by atoms with E-state index in [2.05, 4.69) is 0 Å². The predicted octanol–water partition coefficient (Wildman–Crippen LogP) is 6.88. The molecule has 0 saturated carbocycles. The van der Waals surface area contributed by atoms with Crippen LogP contribution in [0, 0.1) is 5.82 Å². The van der Waals surface area contributed by atoms with E-state index in [0.29, 0.717) is 29.8 Å². The molecule has 0 spiro atoms. The van der Waals surface area contributed by atoms with Gasteiger partial charge >= 0.3 is 12.4 Å². The summed E-state index contributed by atoms with van der Waals surface area (Å²) >= 11 is 0. The van der Waals surface area contributed by atoms with Gasteiger partial charge in [0.2, 0.25) is 0 Å². The number of fused-ring (bicyclic) bond motifs is 1. The summed E-state index contributed by atoms with van der Waals surface area (Å²) in [5.41, 5.74) is -4.67. The third kappa shape index (κ3) is 4.67. The summed E-state index contributed by atoms with van der Waals surface area (Å²) in [6, 6.07) is 14.9. The van der Waals surface area contributed by atoms with Crippen molar-refractivity contribution in [3.63, 3.8) is 0 Å². The maximum Gasteiger partial charge on any atom is 0.430 e. The molecule has 1 unspecified atom stereocenters. The molecule has 0 aromatic heterocycles. The van der Waals surface area contributed by atoms with Crippen LogP contribution in [-0.4, -0.2) is 23.5 Å². The highest BCUT2D eigenvalue weighted by Crippen LogP contribution is 2.51. The van der Waals surface area contributed by atoms with E-state index >= 15 is 0 Å². The van der Waals surface area contributed by atoms with E-state index in [9.17, 15) is 35.8 Å². The molecule has 3 aromatic rings. The number of hydrogen-bond donors (Lipinski definition) is 1.